The first-order valence-electron chi connectivity index (χ1n) is 4.71. The second-order valence-electron chi connectivity index (χ2n) is 3.50. The van der Waals surface area contributed by atoms with Crippen molar-refractivity contribution in [1.82, 2.24) is 0 Å². The summed E-state index contributed by atoms with van der Waals surface area (Å²) < 4.78 is -1.38. The van der Waals surface area contributed by atoms with E-state index in [9.17, 15) is 10.2 Å². The van der Waals surface area contributed by atoms with Gasteiger partial charge >= 0.3 is 0 Å². The summed E-state index contributed by atoms with van der Waals surface area (Å²) in [5, 5.41) is 18.8. The van der Waals surface area contributed by atoms with Crippen molar-refractivity contribution in [2.24, 2.45) is 0 Å². The van der Waals surface area contributed by atoms with Gasteiger partial charge in [0.25, 0.3) is 0 Å². The highest BCUT2D eigenvalue weighted by molar-refractivity contribution is 6.49. The number of hydrogen-bond acceptors (Lipinski definition) is 2. The van der Waals surface area contributed by atoms with Crippen LogP contribution in [-0.4, -0.2) is 27.3 Å². The van der Waals surface area contributed by atoms with Crippen molar-refractivity contribution in [3.63, 3.8) is 0 Å². The van der Waals surface area contributed by atoms with Crippen LogP contribution >= 0.6 is 23.2 Å². The predicted octanol–water partition coefficient (Wildman–Crippen LogP) is 2.32. The molecule has 0 heterocycles. The Bertz CT molecular complexity index is 299. The van der Waals surface area contributed by atoms with Gasteiger partial charge in [0.15, 0.2) is 4.33 Å². The molecule has 0 radical (unpaired) electrons. The Morgan fingerprint density at radius 2 is 1.80 bits per heavy atom. The molecular formula is C11H14Cl2O2. The smallest absolute Gasteiger partial charge is 0.152 e. The van der Waals surface area contributed by atoms with Crippen LogP contribution in [0.15, 0.2) is 30.3 Å². The van der Waals surface area contributed by atoms with Crippen LogP contribution in [0.2, 0.25) is 0 Å². The molecule has 2 N–H and O–H groups in total. The zero-order chi connectivity index (χ0) is 11.5. The maximum Gasteiger partial charge on any atom is 0.152 e. The quantitative estimate of drug-likeness (QED) is 0.804. The summed E-state index contributed by atoms with van der Waals surface area (Å²) in [6.07, 6.45) is -0.918. The molecule has 0 aliphatic carbocycles. The van der Waals surface area contributed by atoms with Gasteiger partial charge in [0.05, 0.1) is 12.7 Å². The number of aliphatic hydroxyl groups is 2. The molecule has 0 amide bonds. The van der Waals surface area contributed by atoms with Gasteiger partial charge in [-0.1, -0.05) is 53.5 Å². The maximum absolute atomic E-state index is 9.47. The van der Waals surface area contributed by atoms with Gasteiger partial charge in [-0.3, -0.25) is 0 Å². The van der Waals surface area contributed by atoms with E-state index in [-0.39, 0.29) is 6.61 Å². The Labute approximate surface area is 99.5 Å². The standard InChI is InChI=1S/C11H14Cl2O2/c1-8(15)11(12,13)10(7-14)9-5-3-2-4-6-9/h2-6,8,10,14-15H,7H2,1H3. The molecule has 1 aromatic rings. The fourth-order valence-corrected chi connectivity index (χ4v) is 1.82. The summed E-state index contributed by atoms with van der Waals surface area (Å²) >= 11 is 12.1. The van der Waals surface area contributed by atoms with Crippen LogP contribution in [0, 0.1) is 0 Å². The largest absolute Gasteiger partial charge is 0.396 e. The minimum absolute atomic E-state index is 0.206. The highest BCUT2D eigenvalue weighted by Gasteiger charge is 2.39. The molecule has 0 bridgehead atoms. The summed E-state index contributed by atoms with van der Waals surface area (Å²) in [5.41, 5.74) is 0.811. The molecule has 1 aromatic carbocycles. The van der Waals surface area contributed by atoms with Gasteiger partial charge in [-0.2, -0.15) is 0 Å². The summed E-state index contributed by atoms with van der Waals surface area (Å²) in [7, 11) is 0. The molecule has 0 aliphatic heterocycles. The Morgan fingerprint density at radius 1 is 1.27 bits per heavy atom. The highest BCUT2D eigenvalue weighted by Crippen LogP contribution is 2.40. The number of aliphatic hydroxyl groups excluding tert-OH is 2. The van der Waals surface area contributed by atoms with Gasteiger partial charge < -0.3 is 10.2 Å². The Balaban J connectivity index is 2.99. The third kappa shape index (κ3) is 2.85. The molecule has 2 unspecified atom stereocenters. The van der Waals surface area contributed by atoms with E-state index in [4.69, 9.17) is 23.2 Å². The monoisotopic (exact) mass is 248 g/mol. The average molecular weight is 249 g/mol. The van der Waals surface area contributed by atoms with E-state index in [2.05, 4.69) is 0 Å². The second-order valence-corrected chi connectivity index (χ2v) is 4.94. The molecule has 2 nitrogen and oxygen atoms in total. The van der Waals surface area contributed by atoms with Crippen LogP contribution in [0.25, 0.3) is 0 Å². The highest BCUT2D eigenvalue weighted by atomic mass is 35.5. The molecule has 15 heavy (non-hydrogen) atoms. The third-order valence-electron chi connectivity index (χ3n) is 2.41. The molecule has 2 atom stereocenters. The summed E-state index contributed by atoms with van der Waals surface area (Å²) in [6, 6.07) is 9.18. The Hall–Kier alpha value is -0.280. The normalized spacial score (nSPS) is 16.1. The molecule has 1 rings (SSSR count). The first-order valence-corrected chi connectivity index (χ1v) is 5.47. The van der Waals surface area contributed by atoms with Crippen molar-refractivity contribution in [2.75, 3.05) is 6.61 Å². The van der Waals surface area contributed by atoms with E-state index >= 15 is 0 Å². The van der Waals surface area contributed by atoms with Gasteiger partial charge in [0.1, 0.15) is 0 Å². The summed E-state index contributed by atoms with van der Waals surface area (Å²) in [4.78, 5) is 0. The van der Waals surface area contributed by atoms with E-state index in [0.29, 0.717) is 0 Å². The van der Waals surface area contributed by atoms with Crippen molar-refractivity contribution in [3.05, 3.63) is 35.9 Å². The molecule has 4 heteroatoms. The third-order valence-corrected chi connectivity index (χ3v) is 3.56. The Kier molecular flexibility index (Phi) is 4.41. The molecule has 0 fully saturated rings. The van der Waals surface area contributed by atoms with E-state index in [1.807, 2.05) is 30.3 Å². The van der Waals surface area contributed by atoms with Crippen molar-refractivity contribution >= 4 is 23.2 Å². The number of benzene rings is 1. The SMILES string of the molecule is CC(O)C(Cl)(Cl)C(CO)c1ccccc1. The molecule has 0 spiro atoms. The zero-order valence-corrected chi connectivity index (χ0v) is 9.91. The number of alkyl halides is 2. The molecule has 0 aromatic heterocycles. The van der Waals surface area contributed by atoms with E-state index in [1.54, 1.807) is 0 Å². The van der Waals surface area contributed by atoms with E-state index < -0.39 is 16.4 Å². The van der Waals surface area contributed by atoms with Crippen molar-refractivity contribution in [3.8, 4) is 0 Å². The first kappa shape index (κ1) is 12.8. The number of halogens is 2. The fraction of sp³-hybridized carbons (Fsp3) is 0.455. The van der Waals surface area contributed by atoms with Crippen LogP contribution in [0.3, 0.4) is 0 Å². The van der Waals surface area contributed by atoms with Crippen molar-refractivity contribution in [1.29, 1.82) is 0 Å². The lowest BCUT2D eigenvalue weighted by molar-refractivity contribution is 0.142. The average Bonchev–Trinajstić information content (AvgIpc) is 2.19. The van der Waals surface area contributed by atoms with Gasteiger partial charge in [0, 0.05) is 5.92 Å². The van der Waals surface area contributed by atoms with Crippen LogP contribution in [0.1, 0.15) is 18.4 Å². The number of rotatable bonds is 4. The topological polar surface area (TPSA) is 40.5 Å². The zero-order valence-electron chi connectivity index (χ0n) is 8.40. The van der Waals surface area contributed by atoms with Gasteiger partial charge in [-0.25, -0.2) is 0 Å². The Morgan fingerprint density at radius 3 is 2.20 bits per heavy atom. The van der Waals surface area contributed by atoms with Gasteiger partial charge in [-0.05, 0) is 12.5 Å². The minimum Gasteiger partial charge on any atom is -0.396 e. The van der Waals surface area contributed by atoms with Crippen LogP contribution in [-0.2, 0) is 0 Å². The minimum atomic E-state index is -1.38. The molecule has 84 valence electrons. The van der Waals surface area contributed by atoms with E-state index in [1.165, 1.54) is 6.92 Å². The van der Waals surface area contributed by atoms with Gasteiger partial charge in [0.2, 0.25) is 0 Å². The van der Waals surface area contributed by atoms with Crippen LogP contribution < -0.4 is 0 Å². The van der Waals surface area contributed by atoms with E-state index in [0.717, 1.165) is 5.56 Å². The lowest BCUT2D eigenvalue weighted by Crippen LogP contribution is -2.37. The number of hydrogen-bond donors (Lipinski definition) is 2. The predicted molar refractivity (Wildman–Crippen MR) is 62.4 cm³/mol. The van der Waals surface area contributed by atoms with Crippen molar-refractivity contribution in [2.45, 2.75) is 23.3 Å². The lowest BCUT2D eigenvalue weighted by Gasteiger charge is -2.31. The fourth-order valence-electron chi connectivity index (χ4n) is 1.43. The molecule has 0 aliphatic rings. The summed E-state index contributed by atoms with van der Waals surface area (Å²) in [6.45, 7) is 1.30. The molecule has 0 saturated heterocycles. The maximum atomic E-state index is 9.47. The van der Waals surface area contributed by atoms with Gasteiger partial charge in [-0.15, -0.1) is 0 Å². The first-order chi connectivity index (χ1) is 7.00. The molecular weight excluding hydrogens is 235 g/mol. The summed E-state index contributed by atoms with van der Waals surface area (Å²) in [5.74, 6) is -0.498. The van der Waals surface area contributed by atoms with Crippen LogP contribution in [0.4, 0.5) is 0 Å². The second kappa shape index (κ2) is 5.17. The van der Waals surface area contributed by atoms with Crippen molar-refractivity contribution < 1.29 is 10.2 Å². The lowest BCUT2D eigenvalue weighted by atomic mass is 9.93. The molecule has 0 saturated carbocycles. The van der Waals surface area contributed by atoms with Crippen LogP contribution in [0.5, 0.6) is 0 Å².